The van der Waals surface area contributed by atoms with Crippen LogP contribution in [0.25, 0.3) is 0 Å². The highest BCUT2D eigenvalue weighted by molar-refractivity contribution is 5.55. The van der Waals surface area contributed by atoms with Crippen LogP contribution < -0.4 is 10.2 Å². The van der Waals surface area contributed by atoms with E-state index in [-0.39, 0.29) is 0 Å². The average Bonchev–Trinajstić information content (AvgIpc) is 2.92. The Hall–Kier alpha value is -1.02. The summed E-state index contributed by atoms with van der Waals surface area (Å²) in [6.45, 7) is 6.49. The van der Waals surface area contributed by atoms with Crippen LogP contribution in [0.2, 0.25) is 0 Å². The summed E-state index contributed by atoms with van der Waals surface area (Å²) in [6.07, 6.45) is 6.69. The van der Waals surface area contributed by atoms with Gasteiger partial charge in [0.1, 0.15) is 0 Å². The summed E-state index contributed by atoms with van der Waals surface area (Å²) < 4.78 is 0. The second kappa shape index (κ2) is 6.95. The minimum atomic E-state index is 0.743. The summed E-state index contributed by atoms with van der Waals surface area (Å²) in [7, 11) is 2.27. The zero-order valence-electron chi connectivity index (χ0n) is 12.7. The molecule has 0 aliphatic heterocycles. The van der Waals surface area contributed by atoms with Gasteiger partial charge in [0.05, 0.1) is 0 Å². The molecule has 0 heterocycles. The van der Waals surface area contributed by atoms with E-state index in [0.29, 0.717) is 0 Å². The Morgan fingerprint density at radius 3 is 2.68 bits per heavy atom. The van der Waals surface area contributed by atoms with E-state index >= 15 is 0 Å². The second-order valence-electron chi connectivity index (χ2n) is 5.86. The van der Waals surface area contributed by atoms with Gasteiger partial charge in [-0.3, -0.25) is 0 Å². The predicted octanol–water partition coefficient (Wildman–Crippen LogP) is 3.87. The van der Waals surface area contributed by atoms with Gasteiger partial charge < -0.3 is 10.2 Å². The van der Waals surface area contributed by atoms with E-state index in [9.17, 15) is 0 Å². The first-order valence-corrected chi connectivity index (χ1v) is 7.75. The van der Waals surface area contributed by atoms with E-state index in [1.165, 1.54) is 48.9 Å². The molecule has 0 amide bonds. The van der Waals surface area contributed by atoms with Gasteiger partial charge in [0.2, 0.25) is 0 Å². The fourth-order valence-corrected chi connectivity index (χ4v) is 3.09. The molecular formula is C17H28N2. The van der Waals surface area contributed by atoms with E-state index in [1.807, 2.05) is 0 Å². The molecule has 0 aromatic heterocycles. The highest BCUT2D eigenvalue weighted by Gasteiger charge is 2.21. The summed E-state index contributed by atoms with van der Waals surface area (Å²) in [6, 6.07) is 7.62. The third kappa shape index (κ3) is 3.73. The minimum Gasteiger partial charge on any atom is -0.371 e. The van der Waals surface area contributed by atoms with Gasteiger partial charge in [-0.15, -0.1) is 0 Å². The van der Waals surface area contributed by atoms with Crippen LogP contribution in [0.1, 0.15) is 50.2 Å². The molecule has 2 rings (SSSR count). The van der Waals surface area contributed by atoms with Crippen molar-refractivity contribution in [3.05, 3.63) is 29.3 Å². The molecule has 0 saturated heterocycles. The lowest BCUT2D eigenvalue weighted by atomic mass is 10.1. The molecule has 1 saturated carbocycles. The first-order valence-electron chi connectivity index (χ1n) is 7.75. The van der Waals surface area contributed by atoms with Crippen molar-refractivity contribution in [1.29, 1.82) is 0 Å². The lowest BCUT2D eigenvalue weighted by Gasteiger charge is -2.29. The zero-order valence-corrected chi connectivity index (χ0v) is 12.7. The van der Waals surface area contributed by atoms with Crippen LogP contribution >= 0.6 is 0 Å². The van der Waals surface area contributed by atoms with Gasteiger partial charge >= 0.3 is 0 Å². The summed E-state index contributed by atoms with van der Waals surface area (Å²) in [5.41, 5.74) is 4.22. The first kappa shape index (κ1) is 14.4. The van der Waals surface area contributed by atoms with Gasteiger partial charge in [-0.1, -0.05) is 37.5 Å². The van der Waals surface area contributed by atoms with E-state index in [2.05, 4.69) is 49.3 Å². The van der Waals surface area contributed by atoms with Gasteiger partial charge in [-0.25, -0.2) is 0 Å². The van der Waals surface area contributed by atoms with Crippen LogP contribution in [-0.4, -0.2) is 19.6 Å². The molecule has 1 N–H and O–H groups in total. The summed E-state index contributed by atoms with van der Waals surface area (Å²) >= 11 is 0. The predicted molar refractivity (Wildman–Crippen MR) is 83.8 cm³/mol. The molecule has 0 spiro atoms. The maximum atomic E-state index is 3.54. The molecule has 2 nitrogen and oxygen atoms in total. The van der Waals surface area contributed by atoms with E-state index < -0.39 is 0 Å². The maximum Gasteiger partial charge on any atom is 0.0411 e. The Bertz CT molecular complexity index is 394. The fourth-order valence-electron chi connectivity index (χ4n) is 3.09. The third-order valence-corrected chi connectivity index (χ3v) is 4.23. The molecule has 1 aliphatic rings. The van der Waals surface area contributed by atoms with Gasteiger partial charge in [-0.2, -0.15) is 0 Å². The molecule has 2 heteroatoms. The summed E-state index contributed by atoms with van der Waals surface area (Å²) in [5.74, 6) is 0. The number of rotatable bonds is 6. The SMILES string of the molecule is CCCNCc1cc(C)ccc1N(C)C1CCCC1. The molecule has 0 atom stereocenters. The monoisotopic (exact) mass is 260 g/mol. The van der Waals surface area contributed by atoms with Gasteiger partial charge in [-0.05, 0) is 44.4 Å². The number of hydrogen-bond donors (Lipinski definition) is 1. The number of nitrogens with one attached hydrogen (secondary N) is 1. The van der Waals surface area contributed by atoms with Crippen molar-refractivity contribution in [2.75, 3.05) is 18.5 Å². The quantitative estimate of drug-likeness (QED) is 0.781. The largest absolute Gasteiger partial charge is 0.371 e. The molecule has 1 fully saturated rings. The molecule has 1 aromatic carbocycles. The van der Waals surface area contributed by atoms with Crippen molar-refractivity contribution in [2.24, 2.45) is 0 Å². The fraction of sp³-hybridized carbons (Fsp3) is 0.647. The zero-order chi connectivity index (χ0) is 13.7. The molecular weight excluding hydrogens is 232 g/mol. The van der Waals surface area contributed by atoms with Crippen molar-refractivity contribution < 1.29 is 0 Å². The lowest BCUT2D eigenvalue weighted by molar-refractivity contribution is 0.639. The van der Waals surface area contributed by atoms with Crippen molar-refractivity contribution in [3.8, 4) is 0 Å². The average molecular weight is 260 g/mol. The topological polar surface area (TPSA) is 15.3 Å². The maximum absolute atomic E-state index is 3.54. The Morgan fingerprint density at radius 2 is 2.00 bits per heavy atom. The number of aryl methyl sites for hydroxylation is 1. The minimum absolute atomic E-state index is 0.743. The Kier molecular flexibility index (Phi) is 5.26. The van der Waals surface area contributed by atoms with Crippen LogP contribution in [0.3, 0.4) is 0 Å². The number of anilines is 1. The number of hydrogen-bond acceptors (Lipinski definition) is 2. The second-order valence-corrected chi connectivity index (χ2v) is 5.86. The van der Waals surface area contributed by atoms with Crippen LogP contribution in [0.4, 0.5) is 5.69 Å². The first-order chi connectivity index (χ1) is 9.22. The summed E-state index contributed by atoms with van der Waals surface area (Å²) in [4.78, 5) is 2.51. The molecule has 106 valence electrons. The van der Waals surface area contributed by atoms with Gasteiger partial charge in [0, 0.05) is 25.3 Å². The van der Waals surface area contributed by atoms with Gasteiger partial charge in [0.25, 0.3) is 0 Å². The van der Waals surface area contributed by atoms with Crippen LogP contribution in [-0.2, 0) is 6.54 Å². The van der Waals surface area contributed by atoms with E-state index in [0.717, 1.165) is 19.1 Å². The van der Waals surface area contributed by atoms with Crippen molar-refractivity contribution >= 4 is 5.69 Å². The number of nitrogens with zero attached hydrogens (tertiary/aromatic N) is 1. The third-order valence-electron chi connectivity index (χ3n) is 4.23. The standard InChI is InChI=1S/C17H28N2/c1-4-11-18-13-15-12-14(2)9-10-17(15)19(3)16-7-5-6-8-16/h9-10,12,16,18H,4-8,11,13H2,1-3H3. The Labute approximate surface area is 118 Å². The highest BCUT2D eigenvalue weighted by atomic mass is 15.1. The van der Waals surface area contributed by atoms with Gasteiger partial charge in [0.15, 0.2) is 0 Å². The molecule has 0 bridgehead atoms. The lowest BCUT2D eigenvalue weighted by Crippen LogP contribution is -2.30. The molecule has 19 heavy (non-hydrogen) atoms. The van der Waals surface area contributed by atoms with Crippen LogP contribution in [0.5, 0.6) is 0 Å². The van der Waals surface area contributed by atoms with E-state index in [4.69, 9.17) is 0 Å². The highest BCUT2D eigenvalue weighted by Crippen LogP contribution is 2.29. The molecule has 0 unspecified atom stereocenters. The molecule has 0 radical (unpaired) electrons. The van der Waals surface area contributed by atoms with E-state index in [1.54, 1.807) is 0 Å². The van der Waals surface area contributed by atoms with Crippen molar-refractivity contribution in [2.45, 2.75) is 58.5 Å². The molecule has 1 aromatic rings. The number of benzene rings is 1. The van der Waals surface area contributed by atoms with Crippen LogP contribution in [0, 0.1) is 6.92 Å². The van der Waals surface area contributed by atoms with Crippen molar-refractivity contribution in [1.82, 2.24) is 5.32 Å². The Balaban J connectivity index is 2.12. The van der Waals surface area contributed by atoms with Crippen molar-refractivity contribution in [3.63, 3.8) is 0 Å². The Morgan fingerprint density at radius 1 is 1.26 bits per heavy atom. The normalized spacial score (nSPS) is 15.9. The summed E-state index contributed by atoms with van der Waals surface area (Å²) in [5, 5.41) is 3.54. The smallest absolute Gasteiger partial charge is 0.0411 e. The van der Waals surface area contributed by atoms with Crippen LogP contribution in [0.15, 0.2) is 18.2 Å². The molecule has 1 aliphatic carbocycles.